The fourth-order valence-electron chi connectivity index (χ4n) is 3.20. The van der Waals surface area contributed by atoms with E-state index >= 15 is 0 Å². The second-order valence-electron chi connectivity index (χ2n) is 6.37. The van der Waals surface area contributed by atoms with Gasteiger partial charge in [-0.2, -0.15) is 0 Å². The van der Waals surface area contributed by atoms with Crippen LogP contribution in [0.4, 0.5) is 5.69 Å². The second-order valence-corrected chi connectivity index (χ2v) is 6.37. The Hall–Kier alpha value is -2.70. The molecule has 1 aromatic carbocycles. The normalized spacial score (nSPS) is 16.5. The van der Waals surface area contributed by atoms with Crippen LogP contribution >= 0.6 is 0 Å². The predicted molar refractivity (Wildman–Crippen MR) is 94.4 cm³/mol. The van der Waals surface area contributed by atoms with E-state index in [4.69, 9.17) is 5.73 Å². The van der Waals surface area contributed by atoms with Crippen molar-refractivity contribution in [1.82, 2.24) is 5.32 Å². The summed E-state index contributed by atoms with van der Waals surface area (Å²) < 4.78 is 0. The highest BCUT2D eigenvalue weighted by Crippen LogP contribution is 2.27. The highest BCUT2D eigenvalue weighted by molar-refractivity contribution is 5.92. The Balaban J connectivity index is 1.97. The standard InChI is InChI=1S/C18H23N3O4/c19-17(22)12-16(14-4-2-1-3-5-14)20-18(23)11-8-13-6-9-15(10-7-13)21(24)25/h6-11,14,16H,1-5,12H2,(H2,19,22)(H,20,23)/b11-8-/t16-/m0/s1. The van der Waals surface area contributed by atoms with E-state index in [1.165, 1.54) is 24.6 Å². The summed E-state index contributed by atoms with van der Waals surface area (Å²) in [6.45, 7) is 0. The number of carbonyl (C=O) groups excluding carboxylic acids is 2. The van der Waals surface area contributed by atoms with Crippen LogP contribution in [0.15, 0.2) is 30.3 Å². The fourth-order valence-corrected chi connectivity index (χ4v) is 3.20. The van der Waals surface area contributed by atoms with E-state index in [2.05, 4.69) is 5.32 Å². The Morgan fingerprint density at radius 1 is 1.24 bits per heavy atom. The minimum absolute atomic E-state index is 0.000391. The van der Waals surface area contributed by atoms with Crippen molar-refractivity contribution in [3.05, 3.63) is 46.0 Å². The van der Waals surface area contributed by atoms with Gasteiger partial charge in [0.05, 0.1) is 4.92 Å². The first-order chi connectivity index (χ1) is 12.0. The first-order valence-electron chi connectivity index (χ1n) is 8.47. The predicted octanol–water partition coefficient (Wildman–Crippen LogP) is 2.55. The van der Waals surface area contributed by atoms with Gasteiger partial charge in [-0.1, -0.05) is 19.3 Å². The molecule has 0 unspecified atom stereocenters. The van der Waals surface area contributed by atoms with Crippen molar-refractivity contribution >= 4 is 23.6 Å². The maximum absolute atomic E-state index is 12.2. The summed E-state index contributed by atoms with van der Waals surface area (Å²) in [7, 11) is 0. The van der Waals surface area contributed by atoms with Gasteiger partial charge in [-0.25, -0.2) is 0 Å². The number of rotatable bonds is 7. The summed E-state index contributed by atoms with van der Waals surface area (Å²) in [4.78, 5) is 33.6. The smallest absolute Gasteiger partial charge is 0.269 e. The maximum atomic E-state index is 12.2. The van der Waals surface area contributed by atoms with Crippen molar-refractivity contribution in [3.63, 3.8) is 0 Å². The molecule has 0 spiro atoms. The maximum Gasteiger partial charge on any atom is 0.269 e. The summed E-state index contributed by atoms with van der Waals surface area (Å²) in [6, 6.07) is 5.67. The van der Waals surface area contributed by atoms with Crippen molar-refractivity contribution < 1.29 is 14.5 Å². The first-order valence-corrected chi connectivity index (χ1v) is 8.47. The van der Waals surface area contributed by atoms with Crippen molar-refractivity contribution in [2.75, 3.05) is 0 Å². The molecule has 134 valence electrons. The summed E-state index contributed by atoms with van der Waals surface area (Å²) in [6.07, 6.45) is 8.48. The van der Waals surface area contributed by atoms with Crippen molar-refractivity contribution in [2.24, 2.45) is 11.7 Å². The van der Waals surface area contributed by atoms with Gasteiger partial charge in [0.25, 0.3) is 5.69 Å². The van der Waals surface area contributed by atoms with Gasteiger partial charge >= 0.3 is 0 Å². The van der Waals surface area contributed by atoms with Crippen LogP contribution in [0.5, 0.6) is 0 Å². The van der Waals surface area contributed by atoms with Gasteiger partial charge in [0.1, 0.15) is 0 Å². The summed E-state index contributed by atoms with van der Waals surface area (Å²) in [5, 5.41) is 13.5. The van der Waals surface area contributed by atoms with Gasteiger partial charge in [-0.05, 0) is 42.5 Å². The highest BCUT2D eigenvalue weighted by Gasteiger charge is 2.25. The Morgan fingerprint density at radius 3 is 2.44 bits per heavy atom. The van der Waals surface area contributed by atoms with Gasteiger partial charge in [0.2, 0.25) is 11.8 Å². The Morgan fingerprint density at radius 2 is 1.88 bits per heavy atom. The molecule has 0 radical (unpaired) electrons. The highest BCUT2D eigenvalue weighted by atomic mass is 16.6. The topological polar surface area (TPSA) is 115 Å². The van der Waals surface area contributed by atoms with Gasteiger partial charge in [0, 0.05) is 30.7 Å². The summed E-state index contributed by atoms with van der Waals surface area (Å²) in [5.74, 6) is -0.441. The molecular formula is C18H23N3O4. The van der Waals surface area contributed by atoms with E-state index in [1.54, 1.807) is 18.2 Å². The largest absolute Gasteiger partial charge is 0.370 e. The molecule has 1 aromatic rings. The number of primary amides is 1. The number of nitrogens with zero attached hydrogens (tertiary/aromatic N) is 1. The fraction of sp³-hybridized carbons (Fsp3) is 0.444. The molecule has 2 rings (SSSR count). The molecule has 1 saturated carbocycles. The van der Waals surface area contributed by atoms with Crippen LogP contribution < -0.4 is 11.1 Å². The number of nitrogens with one attached hydrogen (secondary N) is 1. The van der Waals surface area contributed by atoms with Crippen LogP contribution in [0.3, 0.4) is 0 Å². The molecule has 0 aliphatic heterocycles. The summed E-state index contributed by atoms with van der Waals surface area (Å²) in [5.41, 5.74) is 6.00. The third-order valence-electron chi connectivity index (χ3n) is 4.50. The van der Waals surface area contributed by atoms with Crippen LogP contribution in [-0.2, 0) is 9.59 Å². The lowest BCUT2D eigenvalue weighted by atomic mass is 9.82. The molecule has 0 aromatic heterocycles. The molecule has 1 fully saturated rings. The van der Waals surface area contributed by atoms with Crippen LogP contribution in [-0.4, -0.2) is 22.8 Å². The Labute approximate surface area is 146 Å². The average Bonchev–Trinajstić information content (AvgIpc) is 2.60. The number of non-ortho nitro benzene ring substituents is 1. The molecule has 2 amide bonds. The van der Waals surface area contributed by atoms with E-state index in [0.29, 0.717) is 5.56 Å². The van der Waals surface area contributed by atoms with E-state index < -0.39 is 10.8 Å². The SMILES string of the molecule is NC(=O)C[C@H](NC(=O)/C=C\c1ccc([N+](=O)[O-])cc1)C1CCCCC1. The zero-order valence-electron chi connectivity index (χ0n) is 14.0. The monoisotopic (exact) mass is 345 g/mol. The Kier molecular flexibility index (Phi) is 6.68. The minimum Gasteiger partial charge on any atom is -0.370 e. The first kappa shape index (κ1) is 18.6. The van der Waals surface area contributed by atoms with Crippen LogP contribution in [0.25, 0.3) is 6.08 Å². The lowest BCUT2D eigenvalue weighted by Gasteiger charge is -2.30. The van der Waals surface area contributed by atoms with Gasteiger partial charge < -0.3 is 11.1 Å². The quantitative estimate of drug-likeness (QED) is 0.449. The molecule has 0 saturated heterocycles. The number of benzene rings is 1. The molecule has 25 heavy (non-hydrogen) atoms. The average molecular weight is 345 g/mol. The minimum atomic E-state index is -0.473. The number of nitro benzene ring substituents is 1. The van der Waals surface area contributed by atoms with E-state index in [-0.39, 0.29) is 30.0 Å². The summed E-state index contributed by atoms with van der Waals surface area (Å²) >= 11 is 0. The molecule has 7 nitrogen and oxygen atoms in total. The van der Waals surface area contributed by atoms with E-state index in [1.807, 2.05) is 0 Å². The van der Waals surface area contributed by atoms with Crippen LogP contribution in [0.1, 0.15) is 44.1 Å². The number of nitrogens with two attached hydrogens (primary N) is 1. The number of nitro groups is 1. The molecule has 3 N–H and O–H groups in total. The molecule has 0 heterocycles. The van der Waals surface area contributed by atoms with Crippen LogP contribution in [0.2, 0.25) is 0 Å². The molecule has 7 heteroatoms. The molecule has 1 aliphatic rings. The van der Waals surface area contributed by atoms with Crippen molar-refractivity contribution in [2.45, 2.75) is 44.6 Å². The zero-order chi connectivity index (χ0) is 18.2. The van der Waals surface area contributed by atoms with Crippen molar-refractivity contribution in [3.8, 4) is 0 Å². The second kappa shape index (κ2) is 8.96. The number of amides is 2. The number of hydrogen-bond acceptors (Lipinski definition) is 4. The van der Waals surface area contributed by atoms with E-state index in [0.717, 1.165) is 25.7 Å². The van der Waals surface area contributed by atoms with Gasteiger partial charge in [0.15, 0.2) is 0 Å². The molecular weight excluding hydrogens is 322 g/mol. The van der Waals surface area contributed by atoms with Gasteiger partial charge in [-0.3, -0.25) is 19.7 Å². The Bertz CT molecular complexity index is 649. The number of carbonyl (C=O) groups is 2. The van der Waals surface area contributed by atoms with Crippen molar-refractivity contribution in [1.29, 1.82) is 0 Å². The number of hydrogen-bond donors (Lipinski definition) is 2. The molecule has 1 atom stereocenters. The molecule has 0 bridgehead atoms. The van der Waals surface area contributed by atoms with Crippen LogP contribution in [0, 0.1) is 16.0 Å². The zero-order valence-corrected chi connectivity index (χ0v) is 14.0. The van der Waals surface area contributed by atoms with E-state index in [9.17, 15) is 19.7 Å². The van der Waals surface area contributed by atoms with Gasteiger partial charge in [-0.15, -0.1) is 0 Å². The molecule has 1 aliphatic carbocycles. The lowest BCUT2D eigenvalue weighted by Crippen LogP contribution is -2.42. The lowest BCUT2D eigenvalue weighted by molar-refractivity contribution is -0.384. The third-order valence-corrected chi connectivity index (χ3v) is 4.50. The third kappa shape index (κ3) is 6.02.